The highest BCUT2D eigenvalue weighted by atomic mass is 19.1. The number of anilines is 1. The molecule has 0 radical (unpaired) electrons. The third-order valence-corrected chi connectivity index (χ3v) is 5.78. The molecule has 7 nitrogen and oxygen atoms in total. The van der Waals surface area contributed by atoms with Gasteiger partial charge in [-0.2, -0.15) is 0 Å². The monoisotopic (exact) mass is 431 g/mol. The Morgan fingerprint density at radius 3 is 2.66 bits per heavy atom. The van der Waals surface area contributed by atoms with Gasteiger partial charge in [0.05, 0.1) is 11.4 Å². The number of nitrogens with zero attached hydrogens (tertiary/aromatic N) is 5. The Hall–Kier alpha value is -3.36. The van der Waals surface area contributed by atoms with Crippen molar-refractivity contribution >= 4 is 11.5 Å². The molecule has 1 fully saturated rings. The fourth-order valence-corrected chi connectivity index (χ4v) is 4.23. The van der Waals surface area contributed by atoms with Gasteiger partial charge in [0.2, 0.25) is 0 Å². The number of benzene rings is 1. The van der Waals surface area contributed by atoms with Crippen molar-refractivity contribution in [3.05, 3.63) is 66.2 Å². The number of piperazine rings is 1. The van der Waals surface area contributed by atoms with E-state index in [1.165, 1.54) is 12.1 Å². The summed E-state index contributed by atoms with van der Waals surface area (Å²) in [5, 5.41) is 8.52. The zero-order valence-corrected chi connectivity index (χ0v) is 18.2. The molecule has 8 heteroatoms. The quantitative estimate of drug-likeness (QED) is 0.516. The van der Waals surface area contributed by atoms with Crippen LogP contribution in [-0.2, 0) is 6.54 Å². The summed E-state index contributed by atoms with van der Waals surface area (Å²) in [5.74, 6) is 0.611. The van der Waals surface area contributed by atoms with Gasteiger partial charge in [-0.05, 0) is 62.4 Å². The SMILES string of the molecule is CC1(C)CN(c2ccc3nc(-c4ccc(F)cc4)c(-c4ccnc(CN)c4)n3n2)CCN1. The normalized spacial score (nSPS) is 15.9. The Balaban J connectivity index is 1.70. The van der Waals surface area contributed by atoms with Gasteiger partial charge in [0.15, 0.2) is 5.65 Å². The van der Waals surface area contributed by atoms with E-state index in [0.29, 0.717) is 6.54 Å². The Morgan fingerprint density at radius 1 is 1.09 bits per heavy atom. The number of rotatable bonds is 4. The second-order valence-corrected chi connectivity index (χ2v) is 8.75. The van der Waals surface area contributed by atoms with Crippen LogP contribution in [0.5, 0.6) is 0 Å². The molecule has 4 heterocycles. The predicted molar refractivity (Wildman–Crippen MR) is 124 cm³/mol. The second kappa shape index (κ2) is 7.96. The van der Waals surface area contributed by atoms with E-state index >= 15 is 0 Å². The van der Waals surface area contributed by atoms with Crippen LogP contribution in [0.15, 0.2) is 54.7 Å². The predicted octanol–water partition coefficient (Wildman–Crippen LogP) is 3.24. The summed E-state index contributed by atoms with van der Waals surface area (Å²) in [4.78, 5) is 11.5. The zero-order chi connectivity index (χ0) is 22.3. The van der Waals surface area contributed by atoms with Crippen molar-refractivity contribution < 1.29 is 4.39 Å². The minimum absolute atomic E-state index is 0.00700. The van der Waals surface area contributed by atoms with Crippen molar-refractivity contribution in [2.45, 2.75) is 25.9 Å². The summed E-state index contributed by atoms with van der Waals surface area (Å²) in [5.41, 5.74) is 10.7. The zero-order valence-electron chi connectivity index (χ0n) is 18.2. The molecule has 1 aliphatic heterocycles. The number of imidazole rings is 1. The highest BCUT2D eigenvalue weighted by molar-refractivity contribution is 5.81. The Kier molecular flexibility index (Phi) is 5.11. The molecule has 3 aromatic heterocycles. The number of aromatic nitrogens is 4. The van der Waals surface area contributed by atoms with Crippen LogP contribution in [0.4, 0.5) is 10.2 Å². The first-order valence-corrected chi connectivity index (χ1v) is 10.7. The highest BCUT2D eigenvalue weighted by Gasteiger charge is 2.27. The Labute approximate surface area is 186 Å². The molecule has 5 rings (SSSR count). The standard InChI is InChI=1S/C24H26FN7/c1-24(2)15-31(12-11-28-24)21-8-7-20-29-22(16-3-5-18(25)6-4-16)23(32(20)30-21)17-9-10-27-19(13-17)14-26/h3-10,13,28H,11-12,14-15,26H2,1-2H3. The summed E-state index contributed by atoms with van der Waals surface area (Å²) in [7, 11) is 0. The molecule has 164 valence electrons. The molecule has 0 amide bonds. The molecule has 0 bridgehead atoms. The third kappa shape index (κ3) is 3.83. The highest BCUT2D eigenvalue weighted by Crippen LogP contribution is 2.33. The van der Waals surface area contributed by atoms with Crippen LogP contribution in [0.25, 0.3) is 28.2 Å². The Bertz CT molecular complexity index is 1260. The topological polar surface area (TPSA) is 84.4 Å². The summed E-state index contributed by atoms with van der Waals surface area (Å²) in [6.45, 7) is 7.35. The second-order valence-electron chi connectivity index (χ2n) is 8.75. The lowest BCUT2D eigenvalue weighted by Crippen LogP contribution is -2.57. The minimum Gasteiger partial charge on any atom is -0.352 e. The summed E-state index contributed by atoms with van der Waals surface area (Å²) in [6, 6.07) is 14.3. The number of nitrogens with two attached hydrogens (primary N) is 1. The molecule has 3 N–H and O–H groups in total. The summed E-state index contributed by atoms with van der Waals surface area (Å²) >= 11 is 0. The lowest BCUT2D eigenvalue weighted by Gasteiger charge is -2.39. The first kappa shape index (κ1) is 20.5. The van der Waals surface area contributed by atoms with Crippen LogP contribution in [0.1, 0.15) is 19.5 Å². The van der Waals surface area contributed by atoms with Crippen molar-refractivity contribution in [1.29, 1.82) is 0 Å². The van der Waals surface area contributed by atoms with Gasteiger partial charge in [-0.3, -0.25) is 4.98 Å². The maximum Gasteiger partial charge on any atom is 0.155 e. The molecule has 1 aromatic carbocycles. The number of halogens is 1. The lowest BCUT2D eigenvalue weighted by atomic mass is 10.0. The molecule has 0 unspecified atom stereocenters. The van der Waals surface area contributed by atoms with Crippen LogP contribution in [0.2, 0.25) is 0 Å². The van der Waals surface area contributed by atoms with Crippen LogP contribution in [0, 0.1) is 5.82 Å². The van der Waals surface area contributed by atoms with E-state index in [-0.39, 0.29) is 11.4 Å². The molecule has 0 aliphatic carbocycles. The first-order chi connectivity index (χ1) is 15.4. The maximum atomic E-state index is 13.6. The van der Waals surface area contributed by atoms with E-state index in [1.54, 1.807) is 18.3 Å². The van der Waals surface area contributed by atoms with Crippen molar-refractivity contribution in [2.75, 3.05) is 24.5 Å². The molecular formula is C24H26FN7. The third-order valence-electron chi connectivity index (χ3n) is 5.78. The van der Waals surface area contributed by atoms with Gasteiger partial charge < -0.3 is 16.0 Å². The average molecular weight is 432 g/mol. The van der Waals surface area contributed by atoms with Gasteiger partial charge in [0, 0.05) is 49.0 Å². The Morgan fingerprint density at radius 2 is 1.91 bits per heavy atom. The van der Waals surface area contributed by atoms with E-state index in [2.05, 4.69) is 29.0 Å². The minimum atomic E-state index is -0.282. The van der Waals surface area contributed by atoms with Crippen molar-refractivity contribution in [3.63, 3.8) is 0 Å². The van der Waals surface area contributed by atoms with Crippen LogP contribution in [0.3, 0.4) is 0 Å². The van der Waals surface area contributed by atoms with Crippen LogP contribution in [-0.4, -0.2) is 44.8 Å². The molecule has 0 spiro atoms. The average Bonchev–Trinajstić information content (AvgIpc) is 3.17. The molecule has 0 saturated carbocycles. The van der Waals surface area contributed by atoms with Gasteiger partial charge in [-0.1, -0.05) is 0 Å². The van der Waals surface area contributed by atoms with Gasteiger partial charge >= 0.3 is 0 Å². The fraction of sp³-hybridized carbons (Fsp3) is 0.292. The van der Waals surface area contributed by atoms with Gasteiger partial charge in [-0.15, -0.1) is 5.10 Å². The van der Waals surface area contributed by atoms with Crippen LogP contribution >= 0.6 is 0 Å². The number of nitrogens with one attached hydrogen (secondary N) is 1. The smallest absolute Gasteiger partial charge is 0.155 e. The number of pyridine rings is 1. The number of hydrogen-bond acceptors (Lipinski definition) is 6. The first-order valence-electron chi connectivity index (χ1n) is 10.7. The van der Waals surface area contributed by atoms with Crippen molar-refractivity contribution in [1.82, 2.24) is 24.9 Å². The van der Waals surface area contributed by atoms with E-state index in [1.807, 2.05) is 28.8 Å². The summed E-state index contributed by atoms with van der Waals surface area (Å²) in [6.07, 6.45) is 1.74. The van der Waals surface area contributed by atoms with E-state index in [4.69, 9.17) is 15.8 Å². The molecule has 4 aromatic rings. The van der Waals surface area contributed by atoms with Crippen LogP contribution < -0.4 is 16.0 Å². The van der Waals surface area contributed by atoms with Gasteiger partial charge in [0.1, 0.15) is 17.3 Å². The van der Waals surface area contributed by atoms with E-state index < -0.39 is 0 Å². The fourth-order valence-electron chi connectivity index (χ4n) is 4.23. The maximum absolute atomic E-state index is 13.6. The number of fused-ring (bicyclic) bond motifs is 1. The molecule has 32 heavy (non-hydrogen) atoms. The molecular weight excluding hydrogens is 405 g/mol. The molecule has 1 saturated heterocycles. The van der Waals surface area contributed by atoms with Crippen molar-refractivity contribution in [2.24, 2.45) is 5.73 Å². The lowest BCUT2D eigenvalue weighted by molar-refractivity contribution is 0.351. The molecule has 0 atom stereocenters. The molecule has 1 aliphatic rings. The van der Waals surface area contributed by atoms with Crippen molar-refractivity contribution in [3.8, 4) is 22.5 Å². The van der Waals surface area contributed by atoms with Gasteiger partial charge in [0.25, 0.3) is 0 Å². The summed E-state index contributed by atoms with van der Waals surface area (Å²) < 4.78 is 15.5. The van der Waals surface area contributed by atoms with Gasteiger partial charge in [-0.25, -0.2) is 13.9 Å². The largest absolute Gasteiger partial charge is 0.352 e. The van der Waals surface area contributed by atoms with E-state index in [0.717, 1.165) is 59.3 Å². The van der Waals surface area contributed by atoms with E-state index in [9.17, 15) is 4.39 Å². The number of hydrogen-bond donors (Lipinski definition) is 2.